The molecule has 0 bridgehead atoms. The van der Waals surface area contributed by atoms with Crippen LogP contribution in [-0.2, 0) is 10.0 Å². The second-order valence-electron chi connectivity index (χ2n) is 14.2. The highest BCUT2D eigenvalue weighted by Crippen LogP contribution is 2.93. The van der Waals surface area contributed by atoms with Crippen molar-refractivity contribution in [3.8, 4) is 11.7 Å². The molecule has 45 heavy (non-hydrogen) atoms. The van der Waals surface area contributed by atoms with Crippen molar-refractivity contribution >= 4 is 33.3 Å². The summed E-state index contributed by atoms with van der Waals surface area (Å²) in [6.45, 7) is 5.98. The lowest BCUT2D eigenvalue weighted by atomic mass is 9.89. The first kappa shape index (κ1) is 30.5. The molecule has 4 aliphatic carbocycles. The first-order valence-electron chi connectivity index (χ1n) is 16.1. The van der Waals surface area contributed by atoms with Crippen molar-refractivity contribution in [1.82, 2.24) is 24.5 Å². The summed E-state index contributed by atoms with van der Waals surface area (Å²) in [6, 6.07) is 9.40. The number of ether oxygens (including phenoxy) is 1. The molecular weight excluding hydrogens is 612 g/mol. The van der Waals surface area contributed by atoms with Crippen LogP contribution in [0.4, 0.5) is 5.82 Å². The van der Waals surface area contributed by atoms with E-state index < -0.39 is 15.9 Å². The minimum absolute atomic E-state index is 0.0792. The first-order chi connectivity index (χ1) is 21.5. The minimum Gasteiger partial charge on any atom is -0.477 e. The van der Waals surface area contributed by atoms with E-state index in [2.05, 4.69) is 39.0 Å². The fourth-order valence-corrected chi connectivity index (χ4v) is 9.37. The number of aromatic nitrogens is 4. The summed E-state index contributed by atoms with van der Waals surface area (Å²) in [7, 11) is -4.25. The van der Waals surface area contributed by atoms with Crippen LogP contribution < -0.4 is 14.8 Å². The third kappa shape index (κ3) is 6.05. The van der Waals surface area contributed by atoms with Gasteiger partial charge in [0.25, 0.3) is 15.9 Å². The summed E-state index contributed by atoms with van der Waals surface area (Å²) in [6.07, 6.45) is 14.2. The molecule has 0 saturated heterocycles. The maximum absolute atomic E-state index is 13.0. The van der Waals surface area contributed by atoms with E-state index in [9.17, 15) is 13.2 Å². The highest BCUT2D eigenvalue weighted by molar-refractivity contribution is 7.90. The predicted molar refractivity (Wildman–Crippen MR) is 171 cm³/mol. The minimum atomic E-state index is -4.25. The Balaban J connectivity index is 0.911. The molecule has 10 nitrogen and oxygen atoms in total. The number of hydrogen-bond donors (Lipinski definition) is 2. The smallest absolute Gasteiger partial charge is 0.281 e. The summed E-state index contributed by atoms with van der Waals surface area (Å²) in [5.74, 6) is 1.97. The van der Waals surface area contributed by atoms with Crippen molar-refractivity contribution in [2.75, 3.05) is 18.5 Å². The number of fused-ring (bicyclic) bond motifs is 1. The highest BCUT2D eigenvalue weighted by Gasteiger charge is 2.85. The van der Waals surface area contributed by atoms with Crippen molar-refractivity contribution in [2.24, 2.45) is 28.1 Å². The number of anilines is 1. The molecule has 2 spiro atoms. The maximum atomic E-state index is 13.0. The molecule has 0 aromatic carbocycles. The zero-order valence-electron chi connectivity index (χ0n) is 25.9. The van der Waals surface area contributed by atoms with Crippen LogP contribution in [0, 0.1) is 28.1 Å². The largest absolute Gasteiger partial charge is 0.477 e. The summed E-state index contributed by atoms with van der Waals surface area (Å²) in [4.78, 5) is 21.5. The Morgan fingerprint density at radius 1 is 1.04 bits per heavy atom. The Morgan fingerprint density at radius 2 is 1.82 bits per heavy atom. The van der Waals surface area contributed by atoms with E-state index in [1.807, 2.05) is 0 Å². The van der Waals surface area contributed by atoms with Gasteiger partial charge in [-0.3, -0.25) is 4.79 Å². The maximum Gasteiger partial charge on any atom is 0.281 e. The number of pyridine rings is 2. The van der Waals surface area contributed by atoms with Gasteiger partial charge < -0.3 is 10.1 Å². The van der Waals surface area contributed by atoms with Gasteiger partial charge >= 0.3 is 0 Å². The molecule has 4 saturated carbocycles. The van der Waals surface area contributed by atoms with Crippen molar-refractivity contribution in [3.63, 3.8) is 0 Å². The van der Waals surface area contributed by atoms with Gasteiger partial charge in [0, 0.05) is 18.8 Å². The van der Waals surface area contributed by atoms with E-state index in [1.165, 1.54) is 61.8 Å². The van der Waals surface area contributed by atoms with E-state index in [0.29, 0.717) is 46.9 Å². The van der Waals surface area contributed by atoms with Gasteiger partial charge in [-0.15, -0.1) is 5.10 Å². The average Bonchev–Trinajstić information content (AvgIpc) is 3.95. The first-order valence-corrected chi connectivity index (χ1v) is 18.0. The Morgan fingerprint density at radius 3 is 2.51 bits per heavy atom. The Bertz CT molecular complexity index is 1700. The normalized spacial score (nSPS) is 22.0. The molecule has 0 radical (unpaired) electrons. The molecule has 4 fully saturated rings. The predicted octanol–water partition coefficient (Wildman–Crippen LogP) is 6.41. The van der Waals surface area contributed by atoms with Crippen LogP contribution in [0.2, 0.25) is 5.15 Å². The van der Waals surface area contributed by atoms with Crippen LogP contribution in [0.25, 0.3) is 5.82 Å². The van der Waals surface area contributed by atoms with Crippen molar-refractivity contribution in [1.29, 1.82) is 0 Å². The molecule has 3 aromatic heterocycles. The van der Waals surface area contributed by atoms with Crippen LogP contribution in [0.1, 0.15) is 88.4 Å². The molecule has 3 heterocycles. The molecule has 0 aliphatic heterocycles. The van der Waals surface area contributed by atoms with E-state index in [4.69, 9.17) is 16.3 Å². The standard InChI is InChI=1S/C33H41ClN6O4S/c1-31(2)13-10-22(21-31)5-4-18-35-25-6-3-7-28(36-25)45(42,43)39-30(41)23-8-9-26(37-29(23)34)40-19-11-27(38-40)44-20-12-24-32(14-15-32)33(24)16-17-33/h3,6-9,11,19,22,24H,4-5,10,12-18,20-21H2,1-2H3,(H,35,36)(H,39,41)/t22-/m0/s1. The zero-order valence-corrected chi connectivity index (χ0v) is 27.5. The monoisotopic (exact) mass is 652 g/mol. The molecule has 12 heteroatoms. The zero-order chi connectivity index (χ0) is 31.5. The fourth-order valence-electron chi connectivity index (χ4n) is 8.20. The van der Waals surface area contributed by atoms with Crippen molar-refractivity contribution in [2.45, 2.75) is 83.1 Å². The lowest BCUT2D eigenvalue weighted by Crippen LogP contribution is -2.31. The Hall–Kier alpha value is -3.18. The van der Waals surface area contributed by atoms with Crippen LogP contribution >= 0.6 is 11.6 Å². The van der Waals surface area contributed by atoms with Crippen molar-refractivity contribution < 1.29 is 17.9 Å². The van der Waals surface area contributed by atoms with E-state index in [0.717, 1.165) is 31.1 Å². The number of nitrogens with one attached hydrogen (secondary N) is 2. The SMILES string of the molecule is CC1(C)CC[C@H](CCCNc2cccc(S(=O)(=O)NC(=O)c3ccc(-n4ccc(OCCC5C6(CC6)C56CC6)n4)nc3Cl)n2)C1. The number of hydrogen-bond acceptors (Lipinski definition) is 8. The van der Waals surface area contributed by atoms with Crippen LogP contribution in [-0.4, -0.2) is 47.2 Å². The summed E-state index contributed by atoms with van der Waals surface area (Å²) in [5.41, 5.74) is 1.67. The fraction of sp³-hybridized carbons (Fsp3) is 0.576. The second kappa shape index (κ2) is 11.3. The summed E-state index contributed by atoms with van der Waals surface area (Å²) < 4.78 is 35.6. The number of carbonyl (C=O) groups is 1. The van der Waals surface area contributed by atoms with Gasteiger partial charge in [0.2, 0.25) is 5.88 Å². The average molecular weight is 653 g/mol. The number of halogens is 1. The third-order valence-electron chi connectivity index (χ3n) is 10.7. The molecule has 0 unspecified atom stereocenters. The number of nitrogens with zero attached hydrogens (tertiary/aromatic N) is 4. The molecule has 2 N–H and O–H groups in total. The van der Waals surface area contributed by atoms with Gasteiger partial charge in [0.1, 0.15) is 11.0 Å². The summed E-state index contributed by atoms with van der Waals surface area (Å²) >= 11 is 6.34. The number of amides is 1. The number of rotatable bonds is 13. The van der Waals surface area contributed by atoms with Crippen LogP contribution in [0.3, 0.4) is 0 Å². The molecule has 4 aliphatic rings. The van der Waals surface area contributed by atoms with Gasteiger partial charge in [0.15, 0.2) is 10.8 Å². The van der Waals surface area contributed by atoms with Gasteiger partial charge in [-0.1, -0.05) is 31.5 Å². The number of sulfonamides is 1. The van der Waals surface area contributed by atoms with Gasteiger partial charge in [-0.25, -0.2) is 19.4 Å². The van der Waals surface area contributed by atoms with Gasteiger partial charge in [0.05, 0.1) is 12.2 Å². The highest BCUT2D eigenvalue weighted by atomic mass is 35.5. The Kier molecular flexibility index (Phi) is 7.62. The van der Waals surface area contributed by atoms with E-state index in [1.54, 1.807) is 30.5 Å². The van der Waals surface area contributed by atoms with Crippen LogP contribution in [0.5, 0.6) is 5.88 Å². The van der Waals surface area contributed by atoms with Gasteiger partial charge in [-0.2, -0.15) is 8.42 Å². The lowest BCUT2D eigenvalue weighted by Gasteiger charge is -2.17. The van der Waals surface area contributed by atoms with E-state index >= 15 is 0 Å². The topological polar surface area (TPSA) is 128 Å². The van der Waals surface area contributed by atoms with E-state index in [-0.39, 0.29) is 15.7 Å². The molecule has 1 atom stereocenters. The van der Waals surface area contributed by atoms with Gasteiger partial charge in [-0.05, 0) is 117 Å². The molecule has 7 rings (SSSR count). The third-order valence-corrected chi connectivity index (χ3v) is 12.3. The molecular formula is C33H41ClN6O4S. The summed E-state index contributed by atoms with van der Waals surface area (Å²) in [5, 5.41) is 7.25. The van der Waals surface area contributed by atoms with Crippen LogP contribution in [0.15, 0.2) is 47.6 Å². The second-order valence-corrected chi connectivity index (χ2v) is 16.2. The molecule has 3 aromatic rings. The lowest BCUT2D eigenvalue weighted by molar-refractivity contribution is 0.0981. The van der Waals surface area contributed by atoms with Crippen molar-refractivity contribution in [3.05, 3.63) is 53.3 Å². The quantitative estimate of drug-likeness (QED) is 0.160. The molecule has 1 amide bonds. The molecule has 240 valence electrons. The number of carbonyl (C=O) groups excluding carboxylic acids is 1. The Labute approximate surface area is 269 Å².